The molecule has 0 heterocycles. The molecule has 0 aromatic heterocycles. The molecule has 0 aliphatic rings. The van der Waals surface area contributed by atoms with Gasteiger partial charge in [-0.3, -0.25) is 0 Å². The fourth-order valence-corrected chi connectivity index (χ4v) is 1.74. The molecule has 0 heteroatoms. The minimum absolute atomic E-state index is 1.21. The third kappa shape index (κ3) is 5.91. The molecule has 0 atom stereocenters. The van der Waals surface area contributed by atoms with E-state index in [1.807, 2.05) is 0 Å². The van der Waals surface area contributed by atoms with E-state index in [2.05, 4.69) is 75.4 Å². The lowest BCUT2D eigenvalue weighted by Gasteiger charge is -1.93. The second-order valence-electron chi connectivity index (χ2n) is 4.39. The topological polar surface area (TPSA) is 0 Å². The predicted molar refractivity (Wildman–Crippen MR) is 76.4 cm³/mol. The summed E-state index contributed by atoms with van der Waals surface area (Å²) in [6.45, 7) is 6.41. The highest BCUT2D eigenvalue weighted by molar-refractivity contribution is 5.20. The first kappa shape index (κ1) is 13.5. The molecule has 0 N–H and O–H groups in total. The van der Waals surface area contributed by atoms with Gasteiger partial charge in [0, 0.05) is 0 Å². The van der Waals surface area contributed by atoms with Crippen LogP contribution in [0.25, 0.3) is 0 Å². The highest BCUT2D eigenvalue weighted by Gasteiger charge is 1.84. The molecule has 0 aliphatic carbocycles. The summed E-state index contributed by atoms with van der Waals surface area (Å²) >= 11 is 0. The van der Waals surface area contributed by atoms with Crippen molar-refractivity contribution in [3.63, 3.8) is 0 Å². The molecule has 0 saturated carbocycles. The fourth-order valence-electron chi connectivity index (χ4n) is 1.74. The van der Waals surface area contributed by atoms with Crippen LogP contribution in [0, 0.1) is 13.8 Å². The van der Waals surface area contributed by atoms with E-state index in [0.29, 0.717) is 0 Å². The minimum atomic E-state index is 1.21. The van der Waals surface area contributed by atoms with Gasteiger partial charge < -0.3 is 0 Å². The van der Waals surface area contributed by atoms with Crippen LogP contribution in [-0.4, -0.2) is 0 Å². The Balaban J connectivity index is 0.000000171. The average molecular weight is 226 g/mol. The SMILES string of the molecule is CCCc1ccccc1.Cc1cccc(C)c1. The van der Waals surface area contributed by atoms with E-state index in [9.17, 15) is 0 Å². The van der Waals surface area contributed by atoms with Gasteiger partial charge in [0.25, 0.3) is 0 Å². The Morgan fingerprint density at radius 2 is 1.35 bits per heavy atom. The quantitative estimate of drug-likeness (QED) is 0.680. The van der Waals surface area contributed by atoms with Gasteiger partial charge in [0.05, 0.1) is 0 Å². The highest BCUT2D eigenvalue weighted by atomic mass is 13.9. The molecule has 0 aliphatic heterocycles. The van der Waals surface area contributed by atoms with Crippen LogP contribution in [-0.2, 0) is 6.42 Å². The molecule has 2 aromatic rings. The Hall–Kier alpha value is -1.56. The van der Waals surface area contributed by atoms with Crippen LogP contribution >= 0.6 is 0 Å². The van der Waals surface area contributed by atoms with E-state index in [1.54, 1.807) is 0 Å². The van der Waals surface area contributed by atoms with Crippen molar-refractivity contribution in [1.29, 1.82) is 0 Å². The molecule has 2 rings (SSSR count). The first-order valence-electron chi connectivity index (χ1n) is 6.29. The summed E-state index contributed by atoms with van der Waals surface area (Å²) in [7, 11) is 0. The van der Waals surface area contributed by atoms with Crippen molar-refractivity contribution >= 4 is 0 Å². The van der Waals surface area contributed by atoms with E-state index >= 15 is 0 Å². The van der Waals surface area contributed by atoms with E-state index < -0.39 is 0 Å². The molecule has 2 aromatic carbocycles. The number of hydrogen-bond donors (Lipinski definition) is 0. The van der Waals surface area contributed by atoms with Gasteiger partial charge in [0.1, 0.15) is 0 Å². The maximum atomic E-state index is 2.20. The maximum Gasteiger partial charge on any atom is -0.0281 e. The minimum Gasteiger partial charge on any atom is -0.0651 e. The summed E-state index contributed by atoms with van der Waals surface area (Å²) < 4.78 is 0. The Kier molecular flexibility index (Phi) is 6.09. The number of hydrogen-bond acceptors (Lipinski definition) is 0. The lowest BCUT2D eigenvalue weighted by atomic mass is 10.1. The molecule has 0 amide bonds. The second kappa shape index (κ2) is 7.67. The van der Waals surface area contributed by atoms with E-state index in [1.165, 1.54) is 29.5 Å². The van der Waals surface area contributed by atoms with Gasteiger partial charge in [-0.25, -0.2) is 0 Å². The molecule has 17 heavy (non-hydrogen) atoms. The van der Waals surface area contributed by atoms with Crippen LogP contribution in [0.2, 0.25) is 0 Å². The van der Waals surface area contributed by atoms with Gasteiger partial charge in [0.15, 0.2) is 0 Å². The molecular formula is C17H22. The molecule has 90 valence electrons. The smallest absolute Gasteiger partial charge is 0.0281 e. The molecule has 0 spiro atoms. The molecule has 0 fully saturated rings. The van der Waals surface area contributed by atoms with Crippen molar-refractivity contribution in [2.45, 2.75) is 33.6 Å². The lowest BCUT2D eigenvalue weighted by Crippen LogP contribution is -1.78. The summed E-state index contributed by atoms with van der Waals surface area (Å²) in [5, 5.41) is 0. The fraction of sp³-hybridized carbons (Fsp3) is 0.294. The van der Waals surface area contributed by atoms with Crippen LogP contribution in [0.5, 0.6) is 0 Å². The van der Waals surface area contributed by atoms with E-state index in [-0.39, 0.29) is 0 Å². The number of benzene rings is 2. The summed E-state index contributed by atoms with van der Waals surface area (Å²) in [6.07, 6.45) is 2.45. The molecule has 0 nitrogen and oxygen atoms in total. The Labute approximate surface area is 105 Å². The third-order valence-corrected chi connectivity index (χ3v) is 2.56. The summed E-state index contributed by atoms with van der Waals surface area (Å²) in [5.74, 6) is 0. The zero-order valence-electron chi connectivity index (χ0n) is 11.1. The van der Waals surface area contributed by atoms with Crippen molar-refractivity contribution < 1.29 is 0 Å². The van der Waals surface area contributed by atoms with Gasteiger partial charge in [-0.15, -0.1) is 0 Å². The third-order valence-electron chi connectivity index (χ3n) is 2.56. The van der Waals surface area contributed by atoms with Crippen LogP contribution in [0.15, 0.2) is 54.6 Å². The normalized spacial score (nSPS) is 9.35. The largest absolute Gasteiger partial charge is 0.0651 e. The zero-order valence-corrected chi connectivity index (χ0v) is 11.1. The first-order chi connectivity index (χ1) is 8.22. The van der Waals surface area contributed by atoms with Gasteiger partial charge in [-0.05, 0) is 25.8 Å². The highest BCUT2D eigenvalue weighted by Crippen LogP contribution is 2.01. The number of rotatable bonds is 2. The van der Waals surface area contributed by atoms with Crippen molar-refractivity contribution in [2.24, 2.45) is 0 Å². The lowest BCUT2D eigenvalue weighted by molar-refractivity contribution is 0.922. The Morgan fingerprint density at radius 1 is 0.765 bits per heavy atom. The van der Waals surface area contributed by atoms with Gasteiger partial charge in [-0.2, -0.15) is 0 Å². The molecule has 0 bridgehead atoms. The van der Waals surface area contributed by atoms with Crippen molar-refractivity contribution in [2.75, 3.05) is 0 Å². The Morgan fingerprint density at radius 3 is 1.76 bits per heavy atom. The van der Waals surface area contributed by atoms with Gasteiger partial charge in [-0.1, -0.05) is 79.1 Å². The molecule has 0 unspecified atom stereocenters. The second-order valence-corrected chi connectivity index (χ2v) is 4.39. The van der Waals surface area contributed by atoms with Gasteiger partial charge >= 0.3 is 0 Å². The summed E-state index contributed by atoms with van der Waals surface area (Å²) in [6, 6.07) is 19.0. The van der Waals surface area contributed by atoms with Crippen molar-refractivity contribution in [1.82, 2.24) is 0 Å². The Bertz CT molecular complexity index is 398. The predicted octanol–water partition coefficient (Wildman–Crippen LogP) is 4.94. The molecule has 0 saturated heterocycles. The van der Waals surface area contributed by atoms with Gasteiger partial charge in [0.2, 0.25) is 0 Å². The average Bonchev–Trinajstić information content (AvgIpc) is 2.31. The summed E-state index contributed by atoms with van der Waals surface area (Å²) in [5.41, 5.74) is 4.12. The van der Waals surface area contributed by atoms with Crippen LogP contribution in [0.3, 0.4) is 0 Å². The van der Waals surface area contributed by atoms with Crippen LogP contribution < -0.4 is 0 Å². The van der Waals surface area contributed by atoms with Crippen molar-refractivity contribution in [3.8, 4) is 0 Å². The van der Waals surface area contributed by atoms with Crippen LogP contribution in [0.4, 0.5) is 0 Å². The zero-order chi connectivity index (χ0) is 12.5. The maximum absolute atomic E-state index is 2.20. The van der Waals surface area contributed by atoms with Crippen LogP contribution in [0.1, 0.15) is 30.0 Å². The molecular weight excluding hydrogens is 204 g/mol. The van der Waals surface area contributed by atoms with Crippen molar-refractivity contribution in [3.05, 3.63) is 71.3 Å². The van der Waals surface area contributed by atoms with E-state index in [0.717, 1.165) is 0 Å². The van der Waals surface area contributed by atoms with E-state index in [4.69, 9.17) is 0 Å². The number of aryl methyl sites for hydroxylation is 3. The molecule has 0 radical (unpaired) electrons. The first-order valence-corrected chi connectivity index (χ1v) is 6.29. The monoisotopic (exact) mass is 226 g/mol. The summed E-state index contributed by atoms with van der Waals surface area (Å²) in [4.78, 5) is 0. The standard InChI is InChI=1S/C9H12.C8H10/c1-2-6-9-7-4-3-5-8-9;1-7-4-3-5-8(2)6-7/h3-5,7-8H,2,6H2,1H3;3-6H,1-2H3.